The van der Waals surface area contributed by atoms with E-state index in [1.807, 2.05) is 35.4 Å². The Morgan fingerprint density at radius 3 is 2.78 bits per heavy atom. The maximum Gasteiger partial charge on any atom is 0.220 e. The topological polar surface area (TPSA) is 49.3 Å². The van der Waals surface area contributed by atoms with Gasteiger partial charge in [-0.05, 0) is 25.2 Å². The van der Waals surface area contributed by atoms with E-state index >= 15 is 0 Å². The maximum atomic E-state index is 11.7. The first-order chi connectivity index (χ1) is 8.63. The normalized spacial score (nSPS) is 21.2. The lowest BCUT2D eigenvalue weighted by atomic mass is 10.0. The molecule has 1 rings (SSSR count). The number of nitrogens with one attached hydrogen (secondary N) is 1. The van der Waals surface area contributed by atoms with Gasteiger partial charge in [0.1, 0.15) is 0 Å². The molecule has 0 spiro atoms. The van der Waals surface area contributed by atoms with Crippen LogP contribution < -0.4 is 5.32 Å². The van der Waals surface area contributed by atoms with Crippen molar-refractivity contribution < 1.29 is 9.90 Å². The van der Waals surface area contributed by atoms with Crippen molar-refractivity contribution in [3.8, 4) is 0 Å². The van der Waals surface area contributed by atoms with Crippen molar-refractivity contribution in [2.24, 2.45) is 5.92 Å². The van der Waals surface area contributed by atoms with E-state index in [0.717, 1.165) is 18.1 Å². The van der Waals surface area contributed by atoms with Gasteiger partial charge in [-0.3, -0.25) is 4.79 Å². The van der Waals surface area contributed by atoms with E-state index in [4.69, 9.17) is 5.11 Å². The first-order valence-corrected chi connectivity index (χ1v) is 9.20. The van der Waals surface area contributed by atoms with Crippen LogP contribution in [0.15, 0.2) is 0 Å². The molecule has 0 aliphatic carbocycles. The lowest BCUT2D eigenvalue weighted by Gasteiger charge is -2.19. The molecule has 1 saturated heterocycles. The molecule has 18 heavy (non-hydrogen) atoms. The molecule has 5 heteroatoms. The Kier molecular flexibility index (Phi) is 8.18. The second kappa shape index (κ2) is 9.10. The number of carbonyl (C=O) groups is 1. The van der Waals surface area contributed by atoms with Gasteiger partial charge >= 0.3 is 0 Å². The van der Waals surface area contributed by atoms with E-state index in [0.29, 0.717) is 6.42 Å². The third-order valence-electron chi connectivity index (χ3n) is 3.26. The van der Waals surface area contributed by atoms with E-state index in [2.05, 4.69) is 5.32 Å². The van der Waals surface area contributed by atoms with Crippen molar-refractivity contribution in [1.29, 1.82) is 0 Å². The van der Waals surface area contributed by atoms with Crippen molar-refractivity contribution in [3.63, 3.8) is 0 Å². The third kappa shape index (κ3) is 6.34. The Balaban J connectivity index is 2.05. The highest BCUT2D eigenvalue weighted by Crippen LogP contribution is 2.39. The number of rotatable bonds is 8. The summed E-state index contributed by atoms with van der Waals surface area (Å²) in [7, 11) is 3.97. The number of aliphatic hydroxyl groups excluding tert-OH is 1. The van der Waals surface area contributed by atoms with Crippen LogP contribution in [-0.2, 0) is 4.79 Å². The van der Waals surface area contributed by atoms with Crippen molar-refractivity contribution in [2.75, 3.05) is 12.4 Å². The second-order valence-corrected chi connectivity index (χ2v) is 7.96. The Bertz CT molecular complexity index is 243. The van der Waals surface area contributed by atoms with Crippen LogP contribution >= 0.6 is 21.6 Å². The molecule has 1 aliphatic rings. The van der Waals surface area contributed by atoms with Gasteiger partial charge < -0.3 is 10.4 Å². The molecule has 1 aliphatic heterocycles. The van der Waals surface area contributed by atoms with Crippen molar-refractivity contribution in [1.82, 2.24) is 5.32 Å². The largest absolute Gasteiger partial charge is 0.394 e. The number of aliphatic hydroxyl groups is 1. The summed E-state index contributed by atoms with van der Waals surface area (Å²) in [5, 5.41) is 12.8. The zero-order valence-corrected chi connectivity index (χ0v) is 13.0. The Morgan fingerprint density at radius 2 is 2.22 bits per heavy atom. The summed E-state index contributed by atoms with van der Waals surface area (Å²) in [5.74, 6) is 1.64. The van der Waals surface area contributed by atoms with Gasteiger partial charge in [0.2, 0.25) is 5.91 Å². The first kappa shape index (κ1) is 16.2. The summed E-state index contributed by atoms with van der Waals surface area (Å²) in [5.41, 5.74) is 0. The maximum absolute atomic E-state index is 11.7. The number of hydrogen-bond acceptors (Lipinski definition) is 4. The van der Waals surface area contributed by atoms with Gasteiger partial charge in [-0.15, -0.1) is 0 Å². The van der Waals surface area contributed by atoms with E-state index in [9.17, 15) is 4.79 Å². The van der Waals surface area contributed by atoms with E-state index in [1.54, 1.807) is 0 Å². The van der Waals surface area contributed by atoms with Crippen molar-refractivity contribution in [2.45, 2.75) is 57.2 Å². The van der Waals surface area contributed by atoms with Gasteiger partial charge in [0, 0.05) is 17.4 Å². The fraction of sp³-hybridized carbons (Fsp3) is 0.923. The summed E-state index contributed by atoms with van der Waals surface area (Å²) in [6.45, 7) is 4.05. The standard InChI is InChI=1S/C13H25NO2S2/c1-10(2)12(9-15)14-13(16)6-4-3-5-11-7-8-17-18-11/h10-12,15H,3-9H2,1-2H3,(H,14,16)/t11-,12+/m0/s1. The average Bonchev–Trinajstić information content (AvgIpc) is 2.84. The fourth-order valence-electron chi connectivity index (χ4n) is 1.92. The fourth-order valence-corrected chi connectivity index (χ4v) is 4.95. The number of hydrogen-bond donors (Lipinski definition) is 2. The Labute approximate surface area is 118 Å². The highest BCUT2D eigenvalue weighted by molar-refractivity contribution is 8.77. The van der Waals surface area contributed by atoms with E-state index < -0.39 is 0 Å². The smallest absolute Gasteiger partial charge is 0.220 e. The number of carbonyl (C=O) groups excluding carboxylic acids is 1. The zero-order chi connectivity index (χ0) is 13.4. The highest BCUT2D eigenvalue weighted by atomic mass is 33.1. The molecule has 106 valence electrons. The van der Waals surface area contributed by atoms with Gasteiger partial charge in [0.25, 0.3) is 0 Å². The minimum absolute atomic E-state index is 0.0271. The molecule has 2 atom stereocenters. The molecule has 0 bridgehead atoms. The second-order valence-electron chi connectivity index (χ2n) is 5.18. The van der Waals surface area contributed by atoms with Crippen LogP contribution in [0, 0.1) is 5.92 Å². The quantitative estimate of drug-likeness (QED) is 0.533. The third-order valence-corrected chi connectivity index (χ3v) is 6.26. The number of unbranched alkanes of at least 4 members (excludes halogenated alkanes) is 1. The predicted molar refractivity (Wildman–Crippen MR) is 80.8 cm³/mol. The Morgan fingerprint density at radius 1 is 1.44 bits per heavy atom. The molecular formula is C13H25NO2S2. The van der Waals surface area contributed by atoms with Gasteiger partial charge in [-0.25, -0.2) is 0 Å². The van der Waals surface area contributed by atoms with Crippen LogP contribution in [-0.4, -0.2) is 34.7 Å². The van der Waals surface area contributed by atoms with Gasteiger partial charge in [0.05, 0.1) is 12.6 Å². The minimum Gasteiger partial charge on any atom is -0.394 e. The molecule has 1 amide bonds. The van der Waals surface area contributed by atoms with Crippen LogP contribution in [0.25, 0.3) is 0 Å². The molecule has 0 aromatic heterocycles. The molecule has 1 fully saturated rings. The van der Waals surface area contributed by atoms with Gasteiger partial charge in [-0.2, -0.15) is 0 Å². The van der Waals surface area contributed by atoms with Crippen LogP contribution in [0.1, 0.15) is 46.0 Å². The highest BCUT2D eigenvalue weighted by Gasteiger charge is 2.17. The lowest BCUT2D eigenvalue weighted by Crippen LogP contribution is -2.41. The Hall–Kier alpha value is 0.130. The predicted octanol–water partition coefficient (Wildman–Crippen LogP) is 2.83. The summed E-state index contributed by atoms with van der Waals surface area (Å²) in [6.07, 6.45) is 5.24. The lowest BCUT2D eigenvalue weighted by molar-refractivity contribution is -0.122. The van der Waals surface area contributed by atoms with Crippen LogP contribution in [0.2, 0.25) is 0 Å². The van der Waals surface area contributed by atoms with Crippen molar-refractivity contribution >= 4 is 27.5 Å². The molecule has 0 aromatic carbocycles. The van der Waals surface area contributed by atoms with Crippen LogP contribution in [0.3, 0.4) is 0 Å². The molecular weight excluding hydrogens is 266 g/mol. The molecule has 0 unspecified atom stereocenters. The molecule has 1 heterocycles. The molecule has 0 radical (unpaired) electrons. The zero-order valence-electron chi connectivity index (χ0n) is 11.4. The molecule has 0 saturated carbocycles. The van der Waals surface area contributed by atoms with Gasteiger partial charge in [-0.1, -0.05) is 41.9 Å². The minimum atomic E-state index is -0.0979. The monoisotopic (exact) mass is 291 g/mol. The number of amides is 1. The first-order valence-electron chi connectivity index (χ1n) is 6.82. The SMILES string of the molecule is CC(C)[C@@H](CO)NC(=O)CCCC[C@H]1CCSS1. The summed E-state index contributed by atoms with van der Waals surface area (Å²) in [4.78, 5) is 11.7. The van der Waals surface area contributed by atoms with E-state index in [1.165, 1.54) is 18.6 Å². The van der Waals surface area contributed by atoms with Gasteiger partial charge in [0.15, 0.2) is 0 Å². The molecule has 3 nitrogen and oxygen atoms in total. The van der Waals surface area contributed by atoms with Crippen LogP contribution in [0.4, 0.5) is 0 Å². The van der Waals surface area contributed by atoms with E-state index in [-0.39, 0.29) is 24.5 Å². The summed E-state index contributed by atoms with van der Waals surface area (Å²) >= 11 is 0. The van der Waals surface area contributed by atoms with Crippen LogP contribution in [0.5, 0.6) is 0 Å². The molecule has 2 N–H and O–H groups in total. The van der Waals surface area contributed by atoms with Crippen molar-refractivity contribution in [3.05, 3.63) is 0 Å². The average molecular weight is 291 g/mol. The summed E-state index contributed by atoms with van der Waals surface area (Å²) < 4.78 is 0. The summed E-state index contributed by atoms with van der Waals surface area (Å²) in [6, 6.07) is -0.0979. The molecule has 0 aromatic rings.